The van der Waals surface area contributed by atoms with E-state index in [0.717, 1.165) is 29.7 Å². The van der Waals surface area contributed by atoms with Crippen LogP contribution in [0, 0.1) is 6.92 Å². The minimum Gasteiger partial charge on any atom is -0.478 e. The van der Waals surface area contributed by atoms with Crippen LogP contribution in [-0.2, 0) is 6.42 Å². The number of Topliss-reactive ketones (excluding diaryl/α,β-unsaturated/α-hetero) is 1. The Bertz CT molecular complexity index is 1510. The number of aromatic nitrogens is 1. The predicted octanol–water partition coefficient (Wildman–Crippen LogP) is 6.27. The molecule has 0 aliphatic heterocycles. The first-order valence-electron chi connectivity index (χ1n) is 12.5. The number of nitrogens with one attached hydrogen (secondary N) is 2. The largest absolute Gasteiger partial charge is 0.478 e. The van der Waals surface area contributed by atoms with Crippen molar-refractivity contribution >= 4 is 39.8 Å². The van der Waals surface area contributed by atoms with Gasteiger partial charge in [-0.1, -0.05) is 59.9 Å². The highest BCUT2D eigenvalue weighted by molar-refractivity contribution is 7.18. The number of rotatable bonds is 10. The SMILES string of the molecule is Cc1ccc(C(=O)NC2CC2)cc1Nc1nc(-c2cccc(C(=O)O)c2)c(C(=O)CCc2ccccc2)s1. The number of aromatic carboxylic acids is 1. The fraction of sp³-hybridized carbons (Fsp3) is 0.200. The molecule has 1 saturated carbocycles. The van der Waals surface area contributed by atoms with Gasteiger partial charge in [-0.15, -0.1) is 0 Å². The van der Waals surface area contributed by atoms with Gasteiger partial charge in [0.05, 0.1) is 11.3 Å². The first kappa shape index (κ1) is 25.4. The molecule has 0 atom stereocenters. The van der Waals surface area contributed by atoms with E-state index in [9.17, 15) is 19.5 Å². The number of nitrogens with zero attached hydrogens (tertiary/aromatic N) is 1. The Kier molecular flexibility index (Phi) is 7.33. The highest BCUT2D eigenvalue weighted by Gasteiger charge is 2.24. The Morgan fingerprint density at radius 1 is 0.974 bits per heavy atom. The van der Waals surface area contributed by atoms with Crippen LogP contribution in [0.1, 0.15) is 60.8 Å². The van der Waals surface area contributed by atoms with Gasteiger partial charge in [0.2, 0.25) is 0 Å². The predicted molar refractivity (Wildman–Crippen MR) is 149 cm³/mol. The van der Waals surface area contributed by atoms with Crippen LogP contribution >= 0.6 is 11.3 Å². The van der Waals surface area contributed by atoms with Gasteiger partial charge in [0, 0.05) is 29.3 Å². The van der Waals surface area contributed by atoms with Gasteiger partial charge in [-0.2, -0.15) is 0 Å². The van der Waals surface area contributed by atoms with Crippen molar-refractivity contribution in [3.05, 3.63) is 99.9 Å². The zero-order valence-corrected chi connectivity index (χ0v) is 21.7. The number of benzene rings is 3. The van der Waals surface area contributed by atoms with Gasteiger partial charge >= 0.3 is 5.97 Å². The van der Waals surface area contributed by atoms with E-state index in [0.29, 0.717) is 39.7 Å². The third-order valence-electron chi connectivity index (χ3n) is 6.40. The molecule has 8 heteroatoms. The molecule has 1 aromatic heterocycles. The van der Waals surface area contributed by atoms with Crippen molar-refractivity contribution < 1.29 is 19.5 Å². The molecule has 4 aromatic rings. The van der Waals surface area contributed by atoms with E-state index in [-0.39, 0.29) is 23.3 Å². The third-order valence-corrected chi connectivity index (χ3v) is 7.41. The normalized spacial score (nSPS) is 12.7. The molecule has 0 spiro atoms. The summed E-state index contributed by atoms with van der Waals surface area (Å²) in [6.45, 7) is 1.93. The van der Waals surface area contributed by atoms with E-state index in [4.69, 9.17) is 4.98 Å². The fourth-order valence-electron chi connectivity index (χ4n) is 4.08. The molecular weight excluding hydrogens is 498 g/mol. The standard InChI is InChI=1S/C30H27N3O4S/c1-18-10-12-21(28(35)31-23-13-14-23)17-24(18)32-30-33-26(20-8-5-9-22(16-20)29(36)37)27(38-30)25(34)15-11-19-6-3-2-4-7-19/h2-10,12,16-17,23H,11,13-15H2,1H3,(H,31,35)(H,32,33)(H,36,37). The highest BCUT2D eigenvalue weighted by atomic mass is 32.1. The van der Waals surface area contributed by atoms with Crippen molar-refractivity contribution in [2.75, 3.05) is 5.32 Å². The zero-order chi connectivity index (χ0) is 26.6. The summed E-state index contributed by atoms with van der Waals surface area (Å²) in [5.74, 6) is -1.23. The van der Waals surface area contributed by atoms with Crippen LogP contribution in [0.5, 0.6) is 0 Å². The minimum atomic E-state index is -1.05. The van der Waals surface area contributed by atoms with E-state index in [2.05, 4.69) is 10.6 Å². The smallest absolute Gasteiger partial charge is 0.335 e. The summed E-state index contributed by atoms with van der Waals surface area (Å²) in [5.41, 5.74) is 4.39. The molecule has 1 amide bonds. The number of carbonyl (C=O) groups is 3. The number of amides is 1. The number of hydrogen-bond acceptors (Lipinski definition) is 6. The third kappa shape index (κ3) is 5.98. The Balaban J connectivity index is 1.46. The Labute approximate surface area is 224 Å². The van der Waals surface area contributed by atoms with Crippen molar-refractivity contribution in [3.8, 4) is 11.3 Å². The fourth-order valence-corrected chi connectivity index (χ4v) is 5.05. The van der Waals surface area contributed by atoms with Crippen LogP contribution in [0.15, 0.2) is 72.8 Å². The monoisotopic (exact) mass is 525 g/mol. The van der Waals surface area contributed by atoms with E-state index in [1.54, 1.807) is 24.3 Å². The van der Waals surface area contributed by atoms with Crippen molar-refractivity contribution in [3.63, 3.8) is 0 Å². The van der Waals surface area contributed by atoms with Crippen molar-refractivity contribution in [1.82, 2.24) is 10.3 Å². The second-order valence-corrected chi connectivity index (χ2v) is 10.4. The lowest BCUT2D eigenvalue weighted by Gasteiger charge is -2.10. The van der Waals surface area contributed by atoms with E-state index < -0.39 is 5.97 Å². The van der Waals surface area contributed by atoms with E-state index in [1.165, 1.54) is 23.5 Å². The second-order valence-electron chi connectivity index (χ2n) is 9.39. The number of hydrogen-bond donors (Lipinski definition) is 3. The van der Waals surface area contributed by atoms with E-state index >= 15 is 0 Å². The average molecular weight is 526 g/mol. The number of anilines is 2. The molecule has 1 aliphatic rings. The van der Waals surface area contributed by atoms with Crippen LogP contribution in [0.25, 0.3) is 11.3 Å². The maximum absolute atomic E-state index is 13.4. The number of aryl methyl sites for hydroxylation is 2. The molecule has 3 aromatic carbocycles. The lowest BCUT2D eigenvalue weighted by molar-refractivity contribution is 0.0696. The molecule has 5 rings (SSSR count). The molecule has 0 unspecified atom stereocenters. The van der Waals surface area contributed by atoms with Gasteiger partial charge in [0.15, 0.2) is 10.9 Å². The first-order valence-corrected chi connectivity index (χ1v) is 13.3. The number of thiazole rings is 1. The quantitative estimate of drug-likeness (QED) is 0.211. The van der Waals surface area contributed by atoms with Crippen LogP contribution in [0.2, 0.25) is 0 Å². The van der Waals surface area contributed by atoms with Crippen molar-refractivity contribution in [2.45, 2.75) is 38.6 Å². The Morgan fingerprint density at radius 2 is 1.76 bits per heavy atom. The maximum atomic E-state index is 13.4. The topological polar surface area (TPSA) is 108 Å². The molecule has 192 valence electrons. The molecular formula is C30H27N3O4S. The number of ketones is 1. The van der Waals surface area contributed by atoms with Gasteiger partial charge in [-0.3, -0.25) is 9.59 Å². The summed E-state index contributed by atoms with van der Waals surface area (Å²) in [4.78, 5) is 42.7. The maximum Gasteiger partial charge on any atom is 0.335 e. The minimum absolute atomic E-state index is 0.0654. The van der Waals surface area contributed by atoms with Gasteiger partial charge in [-0.25, -0.2) is 9.78 Å². The van der Waals surface area contributed by atoms with Gasteiger partial charge in [-0.05, 0) is 61.6 Å². The second kappa shape index (κ2) is 11.0. The Hall–Kier alpha value is -4.30. The number of carboxylic acid groups (broad SMARTS) is 1. The molecule has 7 nitrogen and oxygen atoms in total. The van der Waals surface area contributed by atoms with Gasteiger partial charge in [0.1, 0.15) is 4.88 Å². The summed E-state index contributed by atoms with van der Waals surface area (Å²) < 4.78 is 0. The van der Waals surface area contributed by atoms with Crippen molar-refractivity contribution in [2.24, 2.45) is 0 Å². The van der Waals surface area contributed by atoms with Gasteiger partial charge in [0.25, 0.3) is 5.91 Å². The average Bonchev–Trinajstić information content (AvgIpc) is 3.64. The zero-order valence-electron chi connectivity index (χ0n) is 20.9. The Morgan fingerprint density at radius 3 is 2.50 bits per heavy atom. The van der Waals surface area contributed by atoms with Crippen LogP contribution in [0.3, 0.4) is 0 Å². The molecule has 1 aliphatic carbocycles. The van der Waals surface area contributed by atoms with Crippen LogP contribution in [-0.4, -0.2) is 33.8 Å². The molecule has 0 radical (unpaired) electrons. The summed E-state index contributed by atoms with van der Waals surface area (Å²) in [6, 6.07) is 22.0. The molecule has 0 bridgehead atoms. The van der Waals surface area contributed by atoms with Crippen molar-refractivity contribution in [1.29, 1.82) is 0 Å². The summed E-state index contributed by atoms with van der Waals surface area (Å²) in [5, 5.41) is 16.3. The lowest BCUT2D eigenvalue weighted by Crippen LogP contribution is -2.25. The lowest BCUT2D eigenvalue weighted by atomic mass is 10.0. The summed E-state index contributed by atoms with van der Waals surface area (Å²) in [7, 11) is 0. The number of carbonyl (C=O) groups excluding carboxylic acids is 2. The molecule has 1 heterocycles. The van der Waals surface area contributed by atoms with Gasteiger partial charge < -0.3 is 15.7 Å². The van der Waals surface area contributed by atoms with E-state index in [1.807, 2.05) is 43.3 Å². The summed E-state index contributed by atoms with van der Waals surface area (Å²) in [6.07, 6.45) is 2.91. The molecule has 3 N–H and O–H groups in total. The molecule has 0 saturated heterocycles. The molecule has 1 fully saturated rings. The molecule has 38 heavy (non-hydrogen) atoms. The first-order chi connectivity index (χ1) is 18.4. The van der Waals surface area contributed by atoms with Crippen LogP contribution < -0.4 is 10.6 Å². The van der Waals surface area contributed by atoms with Crippen LogP contribution in [0.4, 0.5) is 10.8 Å². The summed E-state index contributed by atoms with van der Waals surface area (Å²) >= 11 is 1.23. The number of carboxylic acids is 1. The highest BCUT2D eigenvalue weighted by Crippen LogP contribution is 2.35.